The van der Waals surface area contributed by atoms with E-state index in [1.165, 1.54) is 36.2 Å². The van der Waals surface area contributed by atoms with Crippen LogP contribution in [0.5, 0.6) is 0 Å². The van der Waals surface area contributed by atoms with Crippen molar-refractivity contribution in [3.05, 3.63) is 29.3 Å². The average Bonchev–Trinajstić information content (AvgIpc) is 2.70. The van der Waals surface area contributed by atoms with Crippen LogP contribution in [-0.2, 0) is 0 Å². The van der Waals surface area contributed by atoms with Crippen LogP contribution in [0.25, 0.3) is 0 Å². The Morgan fingerprint density at radius 3 is 2.81 bits per heavy atom. The highest BCUT2D eigenvalue weighted by Gasteiger charge is 2.16. The molecule has 0 aliphatic carbocycles. The molecule has 1 heterocycles. The maximum absolute atomic E-state index is 3.55. The van der Waals surface area contributed by atoms with Crippen LogP contribution in [0.15, 0.2) is 18.2 Å². The van der Waals surface area contributed by atoms with Crippen molar-refractivity contribution in [2.24, 2.45) is 0 Å². The average molecular weight is 218 g/mol. The minimum Gasteiger partial charge on any atom is -0.373 e. The topological polar surface area (TPSA) is 15.3 Å². The highest BCUT2D eigenvalue weighted by atomic mass is 15.1. The highest BCUT2D eigenvalue weighted by Crippen LogP contribution is 2.21. The number of aryl methyl sites for hydroxylation is 2. The second kappa shape index (κ2) is 4.88. The van der Waals surface area contributed by atoms with Gasteiger partial charge in [-0.3, -0.25) is 0 Å². The number of likely N-dealkylation sites (N-methyl/N-ethyl adjacent to an activating group) is 1. The van der Waals surface area contributed by atoms with Gasteiger partial charge in [0, 0.05) is 25.3 Å². The van der Waals surface area contributed by atoms with Crippen LogP contribution >= 0.6 is 0 Å². The Balaban J connectivity index is 2.04. The third-order valence-corrected chi connectivity index (χ3v) is 3.42. The van der Waals surface area contributed by atoms with Gasteiger partial charge in [0.15, 0.2) is 0 Å². The van der Waals surface area contributed by atoms with Crippen molar-refractivity contribution in [2.75, 3.05) is 25.0 Å². The molecule has 1 saturated heterocycles. The zero-order chi connectivity index (χ0) is 11.5. The molecule has 2 heteroatoms. The number of nitrogens with one attached hydrogen (secondary N) is 1. The molecule has 1 N–H and O–H groups in total. The maximum atomic E-state index is 3.55. The molecule has 1 aliphatic heterocycles. The van der Waals surface area contributed by atoms with Crippen LogP contribution in [0.1, 0.15) is 24.0 Å². The predicted molar refractivity (Wildman–Crippen MR) is 70.2 cm³/mol. The molecule has 1 aliphatic rings. The Bertz CT molecular complexity index is 354. The summed E-state index contributed by atoms with van der Waals surface area (Å²) in [6.45, 7) is 6.64. The van der Waals surface area contributed by atoms with Gasteiger partial charge in [-0.15, -0.1) is 0 Å². The summed E-state index contributed by atoms with van der Waals surface area (Å²) in [5, 5.41) is 3.55. The lowest BCUT2D eigenvalue weighted by atomic mass is 10.1. The molecule has 0 bridgehead atoms. The Morgan fingerprint density at radius 2 is 2.19 bits per heavy atom. The van der Waals surface area contributed by atoms with Crippen molar-refractivity contribution < 1.29 is 0 Å². The minimum atomic E-state index is 0.672. The van der Waals surface area contributed by atoms with Crippen LogP contribution in [0.2, 0.25) is 0 Å². The highest BCUT2D eigenvalue weighted by molar-refractivity contribution is 5.53. The zero-order valence-corrected chi connectivity index (χ0v) is 10.6. The lowest BCUT2D eigenvalue weighted by molar-refractivity contribution is 0.599. The van der Waals surface area contributed by atoms with Gasteiger partial charge in [-0.2, -0.15) is 0 Å². The summed E-state index contributed by atoms with van der Waals surface area (Å²) < 4.78 is 0. The van der Waals surface area contributed by atoms with Gasteiger partial charge in [-0.05, 0) is 44.9 Å². The summed E-state index contributed by atoms with van der Waals surface area (Å²) in [7, 11) is 2.19. The third-order valence-electron chi connectivity index (χ3n) is 3.42. The quantitative estimate of drug-likeness (QED) is 0.838. The first-order valence-electron chi connectivity index (χ1n) is 6.18. The number of hydrogen-bond donors (Lipinski definition) is 1. The van der Waals surface area contributed by atoms with E-state index in [1.807, 2.05) is 0 Å². The lowest BCUT2D eigenvalue weighted by Crippen LogP contribution is -2.35. The summed E-state index contributed by atoms with van der Waals surface area (Å²) in [5.41, 5.74) is 4.08. The molecule has 16 heavy (non-hydrogen) atoms. The van der Waals surface area contributed by atoms with E-state index in [0.717, 1.165) is 6.54 Å². The number of hydrogen-bond acceptors (Lipinski definition) is 2. The van der Waals surface area contributed by atoms with Gasteiger partial charge < -0.3 is 10.2 Å². The smallest absolute Gasteiger partial charge is 0.0394 e. The second-order valence-corrected chi connectivity index (χ2v) is 4.96. The first kappa shape index (κ1) is 11.5. The molecule has 0 saturated carbocycles. The normalized spacial score (nSPS) is 20.1. The Kier molecular flexibility index (Phi) is 3.49. The molecule has 0 amide bonds. The fourth-order valence-electron chi connectivity index (χ4n) is 2.58. The molecule has 0 spiro atoms. The SMILES string of the molecule is Cc1ccc(N(C)CC2CCCN2)c(C)c1. The van der Waals surface area contributed by atoms with Crippen LogP contribution < -0.4 is 10.2 Å². The van der Waals surface area contributed by atoms with Gasteiger partial charge in [0.25, 0.3) is 0 Å². The molecule has 1 aromatic carbocycles. The number of rotatable bonds is 3. The van der Waals surface area contributed by atoms with Gasteiger partial charge >= 0.3 is 0 Å². The molecule has 0 aromatic heterocycles. The molecule has 88 valence electrons. The van der Waals surface area contributed by atoms with E-state index in [-0.39, 0.29) is 0 Å². The monoisotopic (exact) mass is 218 g/mol. The molecule has 1 aromatic rings. The molecule has 1 atom stereocenters. The number of benzene rings is 1. The van der Waals surface area contributed by atoms with Crippen molar-refractivity contribution in [1.29, 1.82) is 0 Å². The molecule has 1 unspecified atom stereocenters. The zero-order valence-electron chi connectivity index (χ0n) is 10.6. The summed E-state index contributed by atoms with van der Waals surface area (Å²) in [5.74, 6) is 0. The second-order valence-electron chi connectivity index (χ2n) is 4.96. The van der Waals surface area contributed by atoms with Crippen LogP contribution in [0.4, 0.5) is 5.69 Å². The van der Waals surface area contributed by atoms with Gasteiger partial charge in [-0.1, -0.05) is 17.7 Å². The minimum absolute atomic E-state index is 0.672. The van der Waals surface area contributed by atoms with E-state index >= 15 is 0 Å². The fraction of sp³-hybridized carbons (Fsp3) is 0.571. The van der Waals surface area contributed by atoms with Crippen molar-refractivity contribution >= 4 is 5.69 Å². The van der Waals surface area contributed by atoms with Crippen LogP contribution in [0, 0.1) is 13.8 Å². The Morgan fingerprint density at radius 1 is 1.38 bits per heavy atom. The van der Waals surface area contributed by atoms with Crippen molar-refractivity contribution in [1.82, 2.24) is 5.32 Å². The first-order chi connectivity index (χ1) is 7.66. The summed E-state index contributed by atoms with van der Waals surface area (Å²) in [4.78, 5) is 2.37. The fourth-order valence-corrected chi connectivity index (χ4v) is 2.58. The van der Waals surface area contributed by atoms with Gasteiger partial charge in [-0.25, -0.2) is 0 Å². The van der Waals surface area contributed by atoms with E-state index in [0.29, 0.717) is 6.04 Å². The van der Waals surface area contributed by atoms with E-state index in [4.69, 9.17) is 0 Å². The molecule has 1 fully saturated rings. The molecular formula is C14H22N2. The molecule has 0 radical (unpaired) electrons. The Hall–Kier alpha value is -1.02. The predicted octanol–water partition coefficient (Wildman–Crippen LogP) is 2.49. The van der Waals surface area contributed by atoms with E-state index in [9.17, 15) is 0 Å². The van der Waals surface area contributed by atoms with Crippen LogP contribution in [-0.4, -0.2) is 26.2 Å². The van der Waals surface area contributed by atoms with Gasteiger partial charge in [0.05, 0.1) is 0 Å². The number of anilines is 1. The van der Waals surface area contributed by atoms with Gasteiger partial charge in [0.2, 0.25) is 0 Å². The van der Waals surface area contributed by atoms with E-state index < -0.39 is 0 Å². The molecule has 2 rings (SSSR count). The van der Waals surface area contributed by atoms with Crippen molar-refractivity contribution in [3.63, 3.8) is 0 Å². The maximum Gasteiger partial charge on any atom is 0.0394 e. The standard InChI is InChI=1S/C14H22N2/c1-11-6-7-14(12(2)9-11)16(3)10-13-5-4-8-15-13/h6-7,9,13,15H,4-5,8,10H2,1-3H3. The summed E-state index contributed by atoms with van der Waals surface area (Å²) >= 11 is 0. The summed E-state index contributed by atoms with van der Waals surface area (Å²) in [6, 6.07) is 7.36. The van der Waals surface area contributed by atoms with E-state index in [2.05, 4.69) is 49.3 Å². The summed E-state index contributed by atoms with van der Waals surface area (Å²) in [6.07, 6.45) is 2.64. The Labute approximate surface area is 98.7 Å². The third kappa shape index (κ3) is 2.56. The molecular weight excluding hydrogens is 196 g/mol. The number of nitrogens with zero attached hydrogens (tertiary/aromatic N) is 1. The van der Waals surface area contributed by atoms with Crippen molar-refractivity contribution in [2.45, 2.75) is 32.7 Å². The van der Waals surface area contributed by atoms with Crippen LogP contribution in [0.3, 0.4) is 0 Å². The largest absolute Gasteiger partial charge is 0.373 e. The van der Waals surface area contributed by atoms with Crippen molar-refractivity contribution in [3.8, 4) is 0 Å². The van der Waals surface area contributed by atoms with E-state index in [1.54, 1.807) is 0 Å². The molecule has 2 nitrogen and oxygen atoms in total. The first-order valence-corrected chi connectivity index (χ1v) is 6.18. The van der Waals surface area contributed by atoms with Gasteiger partial charge in [0.1, 0.15) is 0 Å². The lowest BCUT2D eigenvalue weighted by Gasteiger charge is -2.25.